The first-order chi connectivity index (χ1) is 21.3. The Morgan fingerprint density at radius 2 is 1.95 bits per heavy atom. The van der Waals surface area contributed by atoms with Crippen LogP contribution in [-0.2, 0) is 20.8 Å². The maximum absolute atomic E-state index is 13.3. The highest BCUT2D eigenvalue weighted by Gasteiger charge is 2.48. The third kappa shape index (κ3) is 6.39. The molecule has 3 fully saturated rings. The Labute approximate surface area is 264 Å². The monoisotopic (exact) mass is 632 g/mol. The van der Waals surface area contributed by atoms with E-state index >= 15 is 0 Å². The fourth-order valence-electron chi connectivity index (χ4n) is 6.38. The van der Waals surface area contributed by atoms with Crippen LogP contribution in [0.2, 0.25) is 0 Å². The van der Waals surface area contributed by atoms with Gasteiger partial charge in [0, 0.05) is 24.1 Å². The van der Waals surface area contributed by atoms with Crippen molar-refractivity contribution in [2.24, 2.45) is 11.8 Å². The number of hydrogen-bond donors (Lipinski definition) is 2. The average molecular weight is 633 g/mol. The summed E-state index contributed by atoms with van der Waals surface area (Å²) in [5, 5.41) is 12.1. The molecule has 2 aromatic carbocycles. The fraction of sp³-hybridized carbons (Fsp3) is 0.333. The molecule has 44 heavy (non-hydrogen) atoms. The van der Waals surface area contributed by atoms with Gasteiger partial charge in [-0.25, -0.2) is 4.79 Å². The first-order valence-corrected chi connectivity index (χ1v) is 15.8. The van der Waals surface area contributed by atoms with Gasteiger partial charge < -0.3 is 24.3 Å². The average Bonchev–Trinajstić information content (AvgIpc) is 3.82. The number of methoxy groups -OCH3 is 1. The van der Waals surface area contributed by atoms with Crippen molar-refractivity contribution in [3.05, 3.63) is 76.9 Å². The van der Waals surface area contributed by atoms with Crippen molar-refractivity contribution in [1.82, 2.24) is 10.2 Å². The normalized spacial score (nSPS) is 22.4. The Hall–Kier alpha value is -4.09. The molecule has 6 rings (SSSR count). The van der Waals surface area contributed by atoms with E-state index in [1.165, 1.54) is 38.1 Å². The minimum Gasteiger partial charge on any atom is -0.493 e. The minimum absolute atomic E-state index is 0.0529. The van der Waals surface area contributed by atoms with Gasteiger partial charge in [0.05, 0.1) is 12.0 Å². The zero-order valence-corrected chi connectivity index (χ0v) is 25.7. The molecule has 3 aromatic rings. The van der Waals surface area contributed by atoms with Crippen LogP contribution in [0.5, 0.6) is 11.5 Å². The molecule has 2 N–H and O–H groups in total. The van der Waals surface area contributed by atoms with E-state index in [4.69, 9.17) is 26.1 Å². The minimum atomic E-state index is -1.14. The van der Waals surface area contributed by atoms with E-state index in [0.29, 0.717) is 49.6 Å². The fourth-order valence-corrected chi connectivity index (χ4v) is 7.73. The molecule has 2 bridgehead atoms. The number of rotatable bonds is 11. The van der Waals surface area contributed by atoms with Crippen LogP contribution in [0.1, 0.15) is 37.0 Å². The number of benzene rings is 2. The number of hydrogen-bond acceptors (Lipinski definition) is 8. The number of fused-ring (bicyclic) bond motifs is 2. The summed E-state index contributed by atoms with van der Waals surface area (Å²) in [4.78, 5) is 40.1. The van der Waals surface area contributed by atoms with Crippen molar-refractivity contribution in [2.45, 2.75) is 44.2 Å². The zero-order valence-electron chi connectivity index (χ0n) is 24.1. The summed E-state index contributed by atoms with van der Waals surface area (Å²) in [6.07, 6.45) is 6.53. The lowest BCUT2D eigenvalue weighted by Gasteiger charge is -2.30. The largest absolute Gasteiger partial charge is 0.493 e. The van der Waals surface area contributed by atoms with Crippen molar-refractivity contribution in [1.29, 1.82) is 0 Å². The maximum atomic E-state index is 13.3. The number of furan rings is 1. The van der Waals surface area contributed by atoms with E-state index in [1.54, 1.807) is 48.5 Å². The summed E-state index contributed by atoms with van der Waals surface area (Å²) in [6.45, 7) is -0.410. The predicted molar refractivity (Wildman–Crippen MR) is 170 cm³/mol. The number of carbonyl (C=O) groups is 3. The lowest BCUT2D eigenvalue weighted by molar-refractivity contribution is -0.142. The second-order valence-electron chi connectivity index (χ2n) is 11.3. The third-order valence-corrected chi connectivity index (χ3v) is 9.81. The second-order valence-corrected chi connectivity index (χ2v) is 13.0. The summed E-state index contributed by atoms with van der Waals surface area (Å²) < 4.78 is 17.8. The third-order valence-electron chi connectivity index (χ3n) is 8.48. The zero-order chi connectivity index (χ0) is 30.8. The number of nitrogens with one attached hydrogen (secondary N) is 1. The maximum Gasteiger partial charge on any atom is 0.326 e. The van der Waals surface area contributed by atoms with Crippen molar-refractivity contribution >= 4 is 52.2 Å². The van der Waals surface area contributed by atoms with E-state index in [0.717, 1.165) is 12.0 Å². The van der Waals surface area contributed by atoms with Crippen LogP contribution in [0.3, 0.4) is 0 Å². The van der Waals surface area contributed by atoms with Crippen molar-refractivity contribution in [2.75, 3.05) is 13.7 Å². The summed E-state index contributed by atoms with van der Waals surface area (Å²) in [5.41, 5.74) is 1.46. The number of carbonyl (C=O) groups excluding carboxylic acids is 2. The van der Waals surface area contributed by atoms with Crippen molar-refractivity contribution in [3.63, 3.8) is 0 Å². The number of amides is 2. The van der Waals surface area contributed by atoms with Crippen LogP contribution in [0, 0.1) is 11.8 Å². The number of thiocarbonyl (C=S) groups is 1. The van der Waals surface area contributed by atoms with E-state index < -0.39 is 24.5 Å². The number of carboxylic acid groups (broad SMARTS) is 1. The molecule has 2 aliphatic carbocycles. The molecule has 4 unspecified atom stereocenters. The number of ether oxygens (including phenoxy) is 2. The molecule has 2 heterocycles. The highest BCUT2D eigenvalue weighted by molar-refractivity contribution is 8.26. The lowest BCUT2D eigenvalue weighted by atomic mass is 9.94. The SMILES string of the molecule is COc1ccc(-c2ccc(C=C3SC(=S)N(C4CC5CCC4C5)C3=O)o2)cc1OCC(=O)NC(Cc1ccccc1)C(=O)O. The molecule has 3 aliphatic rings. The van der Waals surface area contributed by atoms with Gasteiger partial charge in [-0.2, -0.15) is 0 Å². The summed E-state index contributed by atoms with van der Waals surface area (Å²) in [5.74, 6) is 1.23. The molecule has 9 nitrogen and oxygen atoms in total. The molecule has 228 valence electrons. The highest BCUT2D eigenvalue weighted by atomic mass is 32.2. The Balaban J connectivity index is 1.11. The number of nitrogens with zero attached hydrogens (tertiary/aromatic N) is 1. The van der Waals surface area contributed by atoms with Crippen LogP contribution in [0.25, 0.3) is 17.4 Å². The quantitative estimate of drug-likeness (QED) is 0.208. The molecule has 1 aromatic heterocycles. The summed E-state index contributed by atoms with van der Waals surface area (Å²) in [7, 11) is 1.49. The molecule has 1 saturated heterocycles. The van der Waals surface area contributed by atoms with Gasteiger partial charge in [0.15, 0.2) is 18.1 Å². The van der Waals surface area contributed by atoms with Gasteiger partial charge >= 0.3 is 5.97 Å². The second kappa shape index (κ2) is 12.9. The van der Waals surface area contributed by atoms with Crippen LogP contribution < -0.4 is 14.8 Å². The van der Waals surface area contributed by atoms with E-state index in [1.807, 2.05) is 23.1 Å². The summed E-state index contributed by atoms with van der Waals surface area (Å²) in [6, 6.07) is 16.9. The molecule has 4 atom stereocenters. The number of carboxylic acids is 1. The van der Waals surface area contributed by atoms with Crippen molar-refractivity contribution < 1.29 is 33.4 Å². The number of thioether (sulfide) groups is 1. The van der Waals surface area contributed by atoms with E-state index in [-0.39, 0.29) is 18.4 Å². The van der Waals surface area contributed by atoms with E-state index in [9.17, 15) is 19.5 Å². The lowest BCUT2D eigenvalue weighted by Crippen LogP contribution is -2.44. The molecule has 11 heteroatoms. The predicted octanol–water partition coefficient (Wildman–Crippen LogP) is 5.54. The van der Waals surface area contributed by atoms with E-state index in [2.05, 4.69) is 5.32 Å². The van der Waals surface area contributed by atoms with Gasteiger partial charge in [0.1, 0.15) is 21.9 Å². The molecule has 2 amide bonds. The van der Waals surface area contributed by atoms with Gasteiger partial charge in [0.2, 0.25) is 0 Å². The molecule has 1 aliphatic heterocycles. The first-order valence-electron chi connectivity index (χ1n) is 14.5. The standard InChI is InChI=1S/C33H32N2O7S2/c1-40-27-11-9-22(16-28(27)41-18-30(36)34-24(32(38)39)14-19-5-3-2-4-6-19)26-12-10-23(42-26)17-29-31(37)35(33(43)44-29)25-15-20-7-8-21(25)13-20/h2-6,9-12,16-17,20-21,24-25H,7-8,13-15,18H2,1H3,(H,34,36)(H,38,39). The smallest absolute Gasteiger partial charge is 0.326 e. The number of aliphatic carboxylic acids is 1. The van der Waals surface area contributed by atoms with Crippen LogP contribution >= 0.6 is 24.0 Å². The Bertz CT molecular complexity index is 1620. The van der Waals surface area contributed by atoms with Gasteiger partial charge in [-0.15, -0.1) is 0 Å². The van der Waals surface area contributed by atoms with Gasteiger partial charge in [-0.05, 0) is 67.0 Å². The molecular weight excluding hydrogens is 601 g/mol. The van der Waals surface area contributed by atoms with Crippen LogP contribution in [0.4, 0.5) is 0 Å². The van der Waals surface area contributed by atoms with Crippen molar-refractivity contribution in [3.8, 4) is 22.8 Å². The summed E-state index contributed by atoms with van der Waals surface area (Å²) >= 11 is 6.92. The topological polar surface area (TPSA) is 118 Å². The molecule has 0 spiro atoms. The Morgan fingerprint density at radius 1 is 1.14 bits per heavy atom. The molecular formula is C33H32N2O7S2. The van der Waals surface area contributed by atoms with Crippen LogP contribution in [0.15, 0.2) is 70.0 Å². The Kier molecular flexibility index (Phi) is 8.76. The molecule has 0 radical (unpaired) electrons. The highest BCUT2D eigenvalue weighted by Crippen LogP contribution is 2.49. The Morgan fingerprint density at radius 3 is 2.66 bits per heavy atom. The van der Waals surface area contributed by atoms with Gasteiger partial charge in [0.25, 0.3) is 11.8 Å². The van der Waals surface area contributed by atoms with Gasteiger partial charge in [-0.1, -0.05) is 60.7 Å². The molecule has 2 saturated carbocycles. The van der Waals surface area contributed by atoms with Crippen LogP contribution in [-0.4, -0.2) is 57.9 Å². The van der Waals surface area contributed by atoms with Gasteiger partial charge in [-0.3, -0.25) is 14.5 Å². The first kappa shape index (κ1) is 30.0.